The Morgan fingerprint density at radius 2 is 2.19 bits per heavy atom. The molecule has 3 heterocycles. The predicted molar refractivity (Wildman–Crippen MR) is 111 cm³/mol. The maximum Gasteiger partial charge on any atom is 0.137 e. The number of para-hydroxylation sites is 1. The van der Waals surface area contributed by atoms with Crippen LogP contribution in [0.15, 0.2) is 42.6 Å². The lowest BCUT2D eigenvalue weighted by Crippen LogP contribution is -2.32. The Bertz CT molecular complexity index is 932. The van der Waals surface area contributed by atoms with E-state index in [1.807, 2.05) is 24.4 Å². The summed E-state index contributed by atoms with van der Waals surface area (Å²) in [6.45, 7) is 3.34. The first-order chi connectivity index (χ1) is 13.2. The van der Waals surface area contributed by atoms with Gasteiger partial charge in [0.25, 0.3) is 0 Å². The molecule has 2 atom stereocenters. The number of pyridine rings is 1. The summed E-state index contributed by atoms with van der Waals surface area (Å²) >= 11 is 0. The number of rotatable bonds is 6. The maximum absolute atomic E-state index is 6.14. The quantitative estimate of drug-likeness (QED) is 0.539. The van der Waals surface area contributed by atoms with Crippen LogP contribution in [0.4, 0.5) is 11.4 Å². The molecule has 6 nitrogen and oxygen atoms in total. The lowest BCUT2D eigenvalue weighted by Gasteiger charge is -2.26. The number of nitrogens with one attached hydrogen (secondary N) is 2. The van der Waals surface area contributed by atoms with E-state index in [-0.39, 0.29) is 6.04 Å². The molecule has 6 heteroatoms. The zero-order valence-electron chi connectivity index (χ0n) is 15.8. The summed E-state index contributed by atoms with van der Waals surface area (Å²) in [5.41, 5.74) is 18.7. The van der Waals surface area contributed by atoms with E-state index in [9.17, 15) is 0 Å². The minimum Gasteiger partial charge on any atom is -0.381 e. The average Bonchev–Trinajstić information content (AvgIpc) is 3.03. The summed E-state index contributed by atoms with van der Waals surface area (Å²) in [6, 6.07) is 12.9. The fraction of sp³-hybridized carbons (Fsp3) is 0.381. The van der Waals surface area contributed by atoms with Crippen LogP contribution in [0.1, 0.15) is 30.3 Å². The SMILES string of the molecule is CC1CCc2cccc(NCc3nc4ccccn4c3CC(N)CN)c2N1. The molecule has 2 unspecified atom stereocenters. The van der Waals surface area contributed by atoms with E-state index in [0.29, 0.717) is 25.6 Å². The van der Waals surface area contributed by atoms with Gasteiger partial charge in [-0.2, -0.15) is 0 Å². The van der Waals surface area contributed by atoms with Crippen LogP contribution in [0.5, 0.6) is 0 Å². The third-order valence-corrected chi connectivity index (χ3v) is 5.30. The average molecular weight is 364 g/mol. The van der Waals surface area contributed by atoms with Crippen molar-refractivity contribution in [3.05, 3.63) is 59.5 Å². The largest absolute Gasteiger partial charge is 0.381 e. The number of aryl methyl sites for hydroxylation is 1. The van der Waals surface area contributed by atoms with Crippen molar-refractivity contribution < 1.29 is 0 Å². The van der Waals surface area contributed by atoms with Crippen molar-refractivity contribution in [3.63, 3.8) is 0 Å². The van der Waals surface area contributed by atoms with Crippen LogP contribution in [0, 0.1) is 0 Å². The zero-order chi connectivity index (χ0) is 18.8. The highest BCUT2D eigenvalue weighted by Crippen LogP contribution is 2.32. The number of nitrogens with zero attached hydrogens (tertiary/aromatic N) is 2. The van der Waals surface area contributed by atoms with Gasteiger partial charge in [-0.25, -0.2) is 4.98 Å². The molecule has 142 valence electrons. The van der Waals surface area contributed by atoms with Gasteiger partial charge in [0.15, 0.2) is 0 Å². The third-order valence-electron chi connectivity index (χ3n) is 5.30. The van der Waals surface area contributed by atoms with E-state index in [1.165, 1.54) is 17.7 Å². The highest BCUT2D eigenvalue weighted by molar-refractivity contribution is 5.74. The molecule has 4 rings (SSSR count). The van der Waals surface area contributed by atoms with Gasteiger partial charge in [-0.15, -0.1) is 0 Å². The summed E-state index contributed by atoms with van der Waals surface area (Å²) in [4.78, 5) is 4.83. The topological polar surface area (TPSA) is 93.4 Å². The van der Waals surface area contributed by atoms with Crippen LogP contribution < -0.4 is 22.1 Å². The van der Waals surface area contributed by atoms with E-state index in [0.717, 1.165) is 29.1 Å². The third kappa shape index (κ3) is 3.63. The molecule has 3 aromatic rings. The number of benzene rings is 1. The van der Waals surface area contributed by atoms with Gasteiger partial charge in [0.2, 0.25) is 0 Å². The first-order valence-corrected chi connectivity index (χ1v) is 9.68. The van der Waals surface area contributed by atoms with Crippen molar-refractivity contribution in [1.29, 1.82) is 0 Å². The fourth-order valence-electron chi connectivity index (χ4n) is 3.78. The van der Waals surface area contributed by atoms with Crippen molar-refractivity contribution in [1.82, 2.24) is 9.38 Å². The predicted octanol–water partition coefficient (Wildman–Crippen LogP) is 2.52. The van der Waals surface area contributed by atoms with E-state index in [1.54, 1.807) is 0 Å². The summed E-state index contributed by atoms with van der Waals surface area (Å²) in [7, 11) is 0. The van der Waals surface area contributed by atoms with E-state index < -0.39 is 0 Å². The minimum atomic E-state index is -0.0733. The van der Waals surface area contributed by atoms with E-state index in [4.69, 9.17) is 16.5 Å². The molecule has 6 N–H and O–H groups in total. The van der Waals surface area contributed by atoms with Crippen molar-refractivity contribution in [3.8, 4) is 0 Å². The van der Waals surface area contributed by atoms with Crippen molar-refractivity contribution >= 4 is 17.0 Å². The van der Waals surface area contributed by atoms with Crippen molar-refractivity contribution in [2.75, 3.05) is 17.2 Å². The number of fused-ring (bicyclic) bond motifs is 2. The van der Waals surface area contributed by atoms with Gasteiger partial charge in [0.05, 0.1) is 23.6 Å². The second-order valence-electron chi connectivity index (χ2n) is 7.41. The van der Waals surface area contributed by atoms with Crippen molar-refractivity contribution in [2.24, 2.45) is 11.5 Å². The molecular weight excluding hydrogens is 336 g/mol. The molecule has 0 radical (unpaired) electrons. The molecule has 0 saturated heterocycles. The van der Waals surface area contributed by atoms with Crippen LogP contribution in [0.3, 0.4) is 0 Å². The van der Waals surface area contributed by atoms with Crippen molar-refractivity contribution in [2.45, 2.75) is 44.8 Å². The molecule has 1 aliphatic heterocycles. The van der Waals surface area contributed by atoms with Crippen LogP contribution in [-0.2, 0) is 19.4 Å². The first-order valence-electron chi connectivity index (χ1n) is 9.68. The Morgan fingerprint density at radius 1 is 1.30 bits per heavy atom. The molecule has 0 fully saturated rings. The lowest BCUT2D eigenvalue weighted by molar-refractivity contribution is 0.659. The molecule has 2 aromatic heterocycles. The molecule has 0 saturated carbocycles. The molecule has 0 amide bonds. The van der Waals surface area contributed by atoms with Crippen LogP contribution in [-0.4, -0.2) is 28.0 Å². The Morgan fingerprint density at radius 3 is 3.04 bits per heavy atom. The van der Waals surface area contributed by atoms with Crippen LogP contribution in [0.25, 0.3) is 5.65 Å². The Labute approximate surface area is 160 Å². The standard InChI is InChI=1S/C21H28N6/c1-14-8-9-15-5-4-6-17(21(15)25-14)24-13-18-19(11-16(23)12-22)27-10-3-2-7-20(27)26-18/h2-7,10,14,16,24-25H,8-9,11-13,22-23H2,1H3. The van der Waals surface area contributed by atoms with Gasteiger partial charge in [-0.1, -0.05) is 18.2 Å². The van der Waals surface area contributed by atoms with Gasteiger partial charge in [-0.3, -0.25) is 0 Å². The second kappa shape index (κ2) is 7.58. The Hall–Kier alpha value is -2.57. The van der Waals surface area contributed by atoms with Gasteiger partial charge in [-0.05, 0) is 43.5 Å². The normalized spacial score (nSPS) is 17.4. The first kappa shape index (κ1) is 17.8. The van der Waals surface area contributed by atoms with Gasteiger partial charge < -0.3 is 26.5 Å². The highest BCUT2D eigenvalue weighted by atomic mass is 15.1. The molecule has 0 bridgehead atoms. The smallest absolute Gasteiger partial charge is 0.137 e. The maximum atomic E-state index is 6.14. The Kier molecular flexibility index (Phi) is 5.01. The summed E-state index contributed by atoms with van der Waals surface area (Å²) in [5.74, 6) is 0. The monoisotopic (exact) mass is 364 g/mol. The van der Waals surface area contributed by atoms with Gasteiger partial charge in [0.1, 0.15) is 5.65 Å². The molecule has 0 aliphatic carbocycles. The Balaban J connectivity index is 1.62. The molecule has 27 heavy (non-hydrogen) atoms. The number of hydrogen-bond donors (Lipinski definition) is 4. The summed E-state index contributed by atoms with van der Waals surface area (Å²) in [5, 5.41) is 7.21. The fourth-order valence-corrected chi connectivity index (χ4v) is 3.78. The number of hydrogen-bond acceptors (Lipinski definition) is 5. The summed E-state index contributed by atoms with van der Waals surface area (Å²) < 4.78 is 2.12. The lowest BCUT2D eigenvalue weighted by atomic mass is 9.98. The number of nitrogens with two attached hydrogens (primary N) is 2. The highest BCUT2D eigenvalue weighted by Gasteiger charge is 2.18. The molecular formula is C21H28N6. The second-order valence-corrected chi connectivity index (χ2v) is 7.41. The number of aromatic nitrogens is 2. The van der Waals surface area contributed by atoms with E-state index in [2.05, 4.69) is 40.2 Å². The minimum absolute atomic E-state index is 0.0733. The number of anilines is 2. The van der Waals surface area contributed by atoms with Crippen LogP contribution in [0.2, 0.25) is 0 Å². The molecule has 0 spiro atoms. The molecule has 1 aliphatic rings. The number of imidazole rings is 1. The van der Waals surface area contributed by atoms with Gasteiger partial charge in [0, 0.05) is 36.9 Å². The zero-order valence-corrected chi connectivity index (χ0v) is 15.8. The molecule has 1 aromatic carbocycles. The van der Waals surface area contributed by atoms with E-state index >= 15 is 0 Å². The summed E-state index contributed by atoms with van der Waals surface area (Å²) in [6.07, 6.45) is 5.03. The van der Waals surface area contributed by atoms with Crippen LogP contribution >= 0.6 is 0 Å². The van der Waals surface area contributed by atoms with Gasteiger partial charge >= 0.3 is 0 Å².